The third kappa shape index (κ3) is 4.95. The van der Waals surface area contributed by atoms with Crippen molar-refractivity contribution in [2.24, 2.45) is 10.9 Å². The van der Waals surface area contributed by atoms with Crippen LogP contribution in [0.25, 0.3) is 0 Å². The quantitative estimate of drug-likeness (QED) is 0.492. The summed E-state index contributed by atoms with van der Waals surface area (Å²) < 4.78 is 5.11. The number of hydrogen-bond acceptors (Lipinski definition) is 7. The van der Waals surface area contributed by atoms with Gasteiger partial charge in [0.2, 0.25) is 5.91 Å². The van der Waals surface area contributed by atoms with Crippen molar-refractivity contribution in [2.45, 2.75) is 38.6 Å². The van der Waals surface area contributed by atoms with Crippen molar-refractivity contribution in [1.29, 1.82) is 0 Å². The third-order valence-electron chi connectivity index (χ3n) is 6.93. The minimum Gasteiger partial charge on any atom is -0.466 e. The number of esters is 1. The first-order valence-corrected chi connectivity index (χ1v) is 13.7. The lowest BCUT2D eigenvalue weighted by Crippen LogP contribution is -2.41. The summed E-state index contributed by atoms with van der Waals surface area (Å²) in [6.45, 7) is 3.43. The summed E-state index contributed by atoms with van der Waals surface area (Å²) in [5, 5.41) is 6.86. The molecule has 0 bridgehead atoms. The highest BCUT2D eigenvalue weighted by Gasteiger charge is 2.41. The maximum absolute atomic E-state index is 13.3. The minimum atomic E-state index is -0.385. The van der Waals surface area contributed by atoms with Gasteiger partial charge >= 0.3 is 5.97 Å². The first-order chi connectivity index (χ1) is 17.0. The molecule has 0 spiro atoms. The molecule has 2 aromatic rings. The summed E-state index contributed by atoms with van der Waals surface area (Å²) in [5.41, 5.74) is 4.44. The number of carbonyl (C=O) groups excluding carboxylic acids is 2. The summed E-state index contributed by atoms with van der Waals surface area (Å²) in [7, 11) is 1.40. The first kappa shape index (κ1) is 23.9. The second kappa shape index (κ2) is 10.4. The topological polar surface area (TPSA) is 62.2 Å². The molecule has 1 fully saturated rings. The highest BCUT2D eigenvalue weighted by Crippen LogP contribution is 2.45. The predicted octanol–water partition coefficient (Wildman–Crippen LogP) is 5.37. The predicted molar refractivity (Wildman–Crippen MR) is 141 cm³/mol. The fraction of sp³-hybridized carbons (Fsp3) is 0.370. The van der Waals surface area contributed by atoms with E-state index in [2.05, 4.69) is 29.3 Å². The zero-order valence-corrected chi connectivity index (χ0v) is 21.6. The number of amides is 1. The number of amidine groups is 1. The highest BCUT2D eigenvalue weighted by molar-refractivity contribution is 8.16. The van der Waals surface area contributed by atoms with Gasteiger partial charge in [0.1, 0.15) is 0 Å². The van der Waals surface area contributed by atoms with E-state index in [0.717, 1.165) is 48.8 Å². The van der Waals surface area contributed by atoms with Crippen LogP contribution >= 0.6 is 23.1 Å². The highest BCUT2D eigenvalue weighted by atomic mass is 32.2. The van der Waals surface area contributed by atoms with Gasteiger partial charge in [-0.2, -0.15) is 11.3 Å². The van der Waals surface area contributed by atoms with E-state index in [9.17, 15) is 9.59 Å². The van der Waals surface area contributed by atoms with E-state index in [0.29, 0.717) is 23.6 Å². The van der Waals surface area contributed by atoms with Gasteiger partial charge in [0.15, 0.2) is 5.17 Å². The Morgan fingerprint density at radius 3 is 2.60 bits per heavy atom. The molecule has 0 saturated carbocycles. The number of rotatable bonds is 6. The van der Waals surface area contributed by atoms with Crippen molar-refractivity contribution in [1.82, 2.24) is 9.80 Å². The number of thiophene rings is 1. The molecule has 1 amide bonds. The number of piperidine rings is 1. The van der Waals surface area contributed by atoms with Gasteiger partial charge in [-0.3, -0.25) is 4.79 Å². The van der Waals surface area contributed by atoms with Crippen LogP contribution < -0.4 is 0 Å². The second-order valence-electron chi connectivity index (χ2n) is 9.13. The van der Waals surface area contributed by atoms with E-state index in [1.807, 2.05) is 45.0 Å². The van der Waals surface area contributed by atoms with E-state index < -0.39 is 0 Å². The summed E-state index contributed by atoms with van der Waals surface area (Å²) >= 11 is 3.10. The minimum absolute atomic E-state index is 0.131. The van der Waals surface area contributed by atoms with Crippen molar-refractivity contribution in [3.05, 3.63) is 80.7 Å². The van der Waals surface area contributed by atoms with Crippen molar-refractivity contribution in [2.75, 3.05) is 20.2 Å². The van der Waals surface area contributed by atoms with Crippen LogP contribution in [0.3, 0.4) is 0 Å². The molecule has 0 N–H and O–H groups in total. The molecule has 0 radical (unpaired) electrons. The molecule has 6 nitrogen and oxygen atoms in total. The van der Waals surface area contributed by atoms with Gasteiger partial charge in [0.25, 0.3) is 0 Å². The van der Waals surface area contributed by atoms with Crippen LogP contribution in [0.2, 0.25) is 0 Å². The summed E-state index contributed by atoms with van der Waals surface area (Å²) in [4.78, 5) is 34.8. The monoisotopic (exact) mass is 507 g/mol. The molecule has 1 aromatic heterocycles. The van der Waals surface area contributed by atoms with Gasteiger partial charge in [-0.05, 0) is 65.5 Å². The van der Waals surface area contributed by atoms with E-state index in [4.69, 9.17) is 4.74 Å². The number of allylic oxidation sites excluding steroid dienone is 1. The maximum Gasteiger partial charge on any atom is 0.338 e. The molecule has 0 unspecified atom stereocenters. The average molecular weight is 508 g/mol. The van der Waals surface area contributed by atoms with Gasteiger partial charge in [0, 0.05) is 18.8 Å². The fourth-order valence-electron chi connectivity index (χ4n) is 5.09. The van der Waals surface area contributed by atoms with Gasteiger partial charge < -0.3 is 14.5 Å². The Morgan fingerprint density at radius 2 is 1.91 bits per heavy atom. The average Bonchev–Trinajstić information content (AvgIpc) is 3.54. The molecule has 1 saturated heterocycles. The van der Waals surface area contributed by atoms with Crippen LogP contribution in [0.5, 0.6) is 0 Å². The van der Waals surface area contributed by atoms with Crippen molar-refractivity contribution < 1.29 is 14.3 Å². The zero-order valence-electron chi connectivity index (χ0n) is 20.0. The molecule has 5 rings (SSSR count). The van der Waals surface area contributed by atoms with Crippen molar-refractivity contribution >= 4 is 40.1 Å². The summed E-state index contributed by atoms with van der Waals surface area (Å²) in [5.74, 6) is 0.359. The number of hydrogen-bond donors (Lipinski definition) is 0. The lowest BCUT2D eigenvalue weighted by molar-refractivity contribution is -0.136. The van der Waals surface area contributed by atoms with Crippen LogP contribution in [0.1, 0.15) is 43.4 Å². The number of benzene rings is 1. The molecule has 35 heavy (non-hydrogen) atoms. The first-order valence-electron chi connectivity index (χ1n) is 11.9. The number of fused-ring (bicyclic) bond motifs is 1. The molecule has 1 aromatic carbocycles. The molecule has 4 heterocycles. The zero-order chi connectivity index (χ0) is 24.4. The molecule has 1 atom stereocenters. The SMILES string of the molecule is COC(=O)C1=C(C)N=C2SC=C(CC(=O)N3CCC(Cc4ccccc4)CC3)N2[C@@H]1c1ccsc1. The lowest BCUT2D eigenvalue weighted by atomic mass is 9.90. The number of likely N-dealkylation sites (tertiary alicyclic amines) is 1. The number of nitrogens with zero attached hydrogens (tertiary/aromatic N) is 3. The second-order valence-corrected chi connectivity index (χ2v) is 10.7. The Balaban J connectivity index is 1.28. The number of thioether (sulfide) groups is 1. The number of ether oxygens (including phenoxy) is 1. The Bertz CT molecular complexity index is 1180. The maximum atomic E-state index is 13.3. The Hall–Kier alpha value is -2.84. The Morgan fingerprint density at radius 1 is 1.14 bits per heavy atom. The molecule has 8 heteroatoms. The van der Waals surface area contributed by atoms with Gasteiger partial charge in [0.05, 0.1) is 30.8 Å². The normalized spacial score (nSPS) is 20.5. The molecular formula is C27H29N3O3S2. The smallest absolute Gasteiger partial charge is 0.338 e. The van der Waals surface area contributed by atoms with Crippen LogP contribution in [0.4, 0.5) is 0 Å². The number of aliphatic imine (C=N–C) groups is 1. The number of methoxy groups -OCH3 is 1. The van der Waals surface area contributed by atoms with E-state index in [1.165, 1.54) is 24.4 Å². The largest absolute Gasteiger partial charge is 0.466 e. The standard InChI is InChI=1S/C27H29N3O3S2/c1-18-24(26(32)33-2)25(21-10-13-34-16-21)30-22(17-35-27(30)28-18)15-23(31)29-11-8-20(9-12-29)14-19-6-4-3-5-7-19/h3-7,10,13,16-17,20,25H,8-9,11-12,14-15H2,1-2H3/t25-/m1/s1. The Labute approximate surface area is 214 Å². The summed E-state index contributed by atoms with van der Waals surface area (Å²) in [6, 6.07) is 12.3. The van der Waals surface area contributed by atoms with E-state index in [1.54, 1.807) is 11.3 Å². The molecule has 0 aliphatic carbocycles. The van der Waals surface area contributed by atoms with Crippen LogP contribution in [0, 0.1) is 5.92 Å². The summed E-state index contributed by atoms with van der Waals surface area (Å²) in [6.07, 6.45) is 3.42. The molecule has 182 valence electrons. The van der Waals surface area contributed by atoms with Crippen LogP contribution in [-0.2, 0) is 20.7 Å². The van der Waals surface area contributed by atoms with Crippen LogP contribution in [-0.4, -0.2) is 47.0 Å². The van der Waals surface area contributed by atoms with Gasteiger partial charge in [-0.1, -0.05) is 42.1 Å². The van der Waals surface area contributed by atoms with E-state index >= 15 is 0 Å². The Kier molecular flexibility index (Phi) is 7.11. The molecular weight excluding hydrogens is 478 g/mol. The fourth-order valence-corrected chi connectivity index (χ4v) is 6.73. The van der Waals surface area contributed by atoms with Crippen molar-refractivity contribution in [3.63, 3.8) is 0 Å². The van der Waals surface area contributed by atoms with Gasteiger partial charge in [-0.25, -0.2) is 9.79 Å². The number of carbonyl (C=O) groups is 2. The van der Waals surface area contributed by atoms with E-state index in [-0.39, 0.29) is 17.9 Å². The van der Waals surface area contributed by atoms with Gasteiger partial charge in [-0.15, -0.1) is 0 Å². The van der Waals surface area contributed by atoms with Crippen molar-refractivity contribution in [3.8, 4) is 0 Å². The molecule has 3 aliphatic rings. The van der Waals surface area contributed by atoms with Crippen LogP contribution in [0.15, 0.2) is 74.5 Å². The molecule has 3 aliphatic heterocycles. The third-order valence-corrected chi connectivity index (χ3v) is 8.52. The lowest BCUT2D eigenvalue weighted by Gasteiger charge is -2.37.